The van der Waals surface area contributed by atoms with Gasteiger partial charge in [0.2, 0.25) is 0 Å². The average Bonchev–Trinajstić information content (AvgIpc) is 4.21. The van der Waals surface area contributed by atoms with E-state index in [9.17, 15) is 0 Å². The highest BCUT2D eigenvalue weighted by Gasteiger charge is 2.24. The van der Waals surface area contributed by atoms with Crippen LogP contribution >= 0.6 is 0 Å². The van der Waals surface area contributed by atoms with E-state index in [2.05, 4.69) is 301 Å². The molecular formula is C78H54N8. The van der Waals surface area contributed by atoms with Gasteiger partial charge in [0.05, 0.1) is 45.6 Å². The average molecular weight is 1100 g/mol. The van der Waals surface area contributed by atoms with E-state index in [1.165, 1.54) is 11.1 Å². The summed E-state index contributed by atoms with van der Waals surface area (Å²) < 4.78 is 0. The number of nitrogens with one attached hydrogen (secondary N) is 4. The van der Waals surface area contributed by atoms with Crippen molar-refractivity contribution in [2.24, 2.45) is 0 Å². The zero-order valence-electron chi connectivity index (χ0n) is 47.2. The molecule has 16 rings (SSSR count). The Morgan fingerprint density at radius 2 is 0.360 bits per heavy atom. The lowest BCUT2D eigenvalue weighted by molar-refractivity contribution is 1.29. The summed E-state index contributed by atoms with van der Waals surface area (Å²) in [6.45, 7) is 4.25. The van der Waals surface area contributed by atoms with Gasteiger partial charge in [-0.3, -0.25) is 0 Å². The predicted molar refractivity (Wildman–Crippen MR) is 359 cm³/mol. The summed E-state index contributed by atoms with van der Waals surface area (Å²) in [6.07, 6.45) is 17.2. The van der Waals surface area contributed by atoms with Crippen molar-refractivity contribution in [3.63, 3.8) is 0 Å². The molecule has 6 aromatic heterocycles. The highest BCUT2D eigenvalue weighted by Crippen LogP contribution is 2.43. The van der Waals surface area contributed by atoms with Gasteiger partial charge in [0.25, 0.3) is 0 Å². The smallest absolute Gasteiger partial charge is 0.0738 e. The minimum absolute atomic E-state index is 0.766. The molecule has 0 radical (unpaired) electrons. The number of hydrogen-bond donors (Lipinski definition) is 4. The van der Waals surface area contributed by atoms with Crippen LogP contribution in [0.1, 0.15) is 56.7 Å². The summed E-state index contributed by atoms with van der Waals surface area (Å²) in [4.78, 5) is 38.6. The Bertz CT molecular complexity index is 4790. The second kappa shape index (κ2) is 20.7. The van der Waals surface area contributed by atoms with Crippen molar-refractivity contribution in [1.29, 1.82) is 0 Å². The summed E-state index contributed by atoms with van der Waals surface area (Å²) in [5.41, 5.74) is 30.1. The molecule has 8 heteroatoms. The van der Waals surface area contributed by atoms with Crippen LogP contribution in [0.3, 0.4) is 0 Å². The van der Waals surface area contributed by atoms with Crippen LogP contribution in [0.4, 0.5) is 0 Å². The Labute approximate surface area is 496 Å². The van der Waals surface area contributed by atoms with Crippen molar-refractivity contribution in [3.05, 3.63) is 275 Å². The molecule has 12 aromatic rings. The molecule has 0 spiro atoms. The van der Waals surface area contributed by atoms with Crippen LogP contribution in [0.15, 0.2) is 218 Å². The van der Waals surface area contributed by atoms with Crippen molar-refractivity contribution >= 4 is 92.7 Å². The topological polar surface area (TPSA) is 115 Å². The molecule has 4 aliphatic heterocycles. The van der Waals surface area contributed by atoms with Crippen LogP contribution in [0.25, 0.3) is 171 Å². The summed E-state index contributed by atoms with van der Waals surface area (Å²) in [6, 6.07) is 77.1. The molecule has 0 aliphatic carbocycles. The number of rotatable bonds is 7. The fourth-order valence-electron chi connectivity index (χ4n) is 12.6. The van der Waals surface area contributed by atoms with Crippen LogP contribution in [0, 0.1) is 13.8 Å². The van der Waals surface area contributed by atoms with E-state index in [0.717, 1.165) is 168 Å². The normalized spacial score (nSPS) is 12.3. The minimum Gasteiger partial charge on any atom is -0.354 e. The quantitative estimate of drug-likeness (QED) is 0.127. The van der Waals surface area contributed by atoms with Crippen LogP contribution in [-0.4, -0.2) is 39.9 Å². The number of aryl methyl sites for hydroxylation is 2. The third-order valence-electron chi connectivity index (χ3n) is 16.7. The Hall–Kier alpha value is -11.5. The van der Waals surface area contributed by atoms with E-state index in [4.69, 9.17) is 19.9 Å². The van der Waals surface area contributed by atoms with Crippen LogP contribution in [-0.2, 0) is 0 Å². The first kappa shape index (κ1) is 50.3. The van der Waals surface area contributed by atoms with Gasteiger partial charge in [-0.05, 0) is 144 Å². The van der Waals surface area contributed by atoms with Gasteiger partial charge < -0.3 is 19.9 Å². The maximum absolute atomic E-state index is 5.78. The molecular weight excluding hydrogens is 1050 g/mol. The second-order valence-electron chi connectivity index (χ2n) is 22.2. The van der Waals surface area contributed by atoms with Crippen LogP contribution < -0.4 is 0 Å². The molecule has 6 aromatic carbocycles. The summed E-state index contributed by atoms with van der Waals surface area (Å²) in [5, 5.41) is 0. The van der Waals surface area contributed by atoms with E-state index < -0.39 is 0 Å². The zero-order valence-corrected chi connectivity index (χ0v) is 47.2. The lowest BCUT2D eigenvalue weighted by atomic mass is 10.0. The van der Waals surface area contributed by atoms with E-state index in [1.54, 1.807) is 0 Å². The number of H-pyrrole nitrogens is 4. The van der Waals surface area contributed by atoms with Gasteiger partial charge >= 0.3 is 0 Å². The molecule has 0 unspecified atom stereocenters. The Kier molecular flexibility index (Phi) is 12.1. The highest BCUT2D eigenvalue weighted by atomic mass is 14.8. The van der Waals surface area contributed by atoms with Gasteiger partial charge in [0, 0.05) is 88.6 Å². The summed E-state index contributed by atoms with van der Waals surface area (Å²) in [7, 11) is 0. The van der Waals surface area contributed by atoms with Crippen molar-refractivity contribution in [2.75, 3.05) is 0 Å². The third-order valence-corrected chi connectivity index (χ3v) is 16.7. The van der Waals surface area contributed by atoms with E-state index in [-0.39, 0.29) is 0 Å². The number of fused-ring (bicyclic) bond motifs is 16. The van der Waals surface area contributed by atoms with Crippen molar-refractivity contribution in [3.8, 4) is 77.9 Å². The molecule has 0 fully saturated rings. The van der Waals surface area contributed by atoms with Gasteiger partial charge in [0.15, 0.2) is 0 Å². The number of hydrogen-bond acceptors (Lipinski definition) is 4. The number of aromatic amines is 4. The van der Waals surface area contributed by atoms with Gasteiger partial charge in [-0.2, -0.15) is 0 Å². The largest absolute Gasteiger partial charge is 0.354 e. The molecule has 406 valence electrons. The van der Waals surface area contributed by atoms with Gasteiger partial charge in [0.1, 0.15) is 0 Å². The zero-order chi connectivity index (χ0) is 57.2. The minimum atomic E-state index is 0.766. The highest BCUT2D eigenvalue weighted by molar-refractivity contribution is 6.06. The molecule has 0 amide bonds. The number of aromatic nitrogens is 8. The fourth-order valence-corrected chi connectivity index (χ4v) is 12.6. The van der Waals surface area contributed by atoms with E-state index in [0.29, 0.717) is 0 Å². The number of nitrogens with zero attached hydrogens (tertiary/aromatic N) is 4. The van der Waals surface area contributed by atoms with Crippen molar-refractivity contribution in [2.45, 2.75) is 13.8 Å². The van der Waals surface area contributed by atoms with Crippen molar-refractivity contribution in [1.82, 2.24) is 39.9 Å². The maximum atomic E-state index is 5.78. The molecule has 4 N–H and O–H groups in total. The first-order valence-electron chi connectivity index (χ1n) is 29.1. The molecule has 10 heterocycles. The van der Waals surface area contributed by atoms with Crippen LogP contribution in [0.5, 0.6) is 0 Å². The molecule has 86 heavy (non-hydrogen) atoms. The lowest BCUT2D eigenvalue weighted by Gasteiger charge is -2.09. The van der Waals surface area contributed by atoms with Gasteiger partial charge in [-0.1, -0.05) is 181 Å². The van der Waals surface area contributed by atoms with Gasteiger partial charge in [-0.15, -0.1) is 0 Å². The molecule has 8 nitrogen and oxygen atoms in total. The number of benzene rings is 6. The summed E-state index contributed by atoms with van der Waals surface area (Å²) >= 11 is 0. The second-order valence-corrected chi connectivity index (χ2v) is 22.2. The third kappa shape index (κ3) is 8.87. The maximum Gasteiger partial charge on any atom is 0.0738 e. The van der Waals surface area contributed by atoms with Crippen LogP contribution in [0.2, 0.25) is 0 Å². The van der Waals surface area contributed by atoms with E-state index >= 15 is 0 Å². The predicted octanol–water partition coefficient (Wildman–Crippen LogP) is 19.9. The monoisotopic (exact) mass is 1100 g/mol. The SMILES string of the molecule is Cc1ccc(-c2c3nc(c(-c4ccccc4)c4ccc([nH]4)c(-c4c5nc(c(-c6ccccc6)c6ccc([nH]6)c(-c6ccc(C)cc6)c6nc(c(-c7ccccc7)c7ccc4[nH]7)C=C6)C=C5)c4nc(c(-c5ccccc5)c5ccc2[nH]5)C=C4)C=C3)cc1. The van der Waals surface area contributed by atoms with Crippen molar-refractivity contribution < 1.29 is 0 Å². The first-order chi connectivity index (χ1) is 42.4. The molecule has 0 saturated heterocycles. The Morgan fingerprint density at radius 3 is 0.570 bits per heavy atom. The Morgan fingerprint density at radius 1 is 0.186 bits per heavy atom. The standard InChI is InChI=1S/C78H54N8/c1-47-23-27-53(28-24-47)75-63-35-31-55(79-63)71(49-15-7-3-8-16-49)59-39-43-67(83-59)77(68-44-40-60(84-68)72(50-17-9-4-10-18-50)56-32-36-64(75)80-56)78-69-45-41-61(85-69)73(51-19-11-5-12-20-51)57-33-37-65(81-57)76(54-29-25-48(2)26-30-54)66-38-34-58(82-66)74(52-21-13-6-14-22-52)62-42-46-70(78)86-62/h3-46,79,81,84,86H,1-2H3. The lowest BCUT2D eigenvalue weighted by Crippen LogP contribution is -1.92. The fraction of sp³-hybridized carbons (Fsp3) is 0.0256. The molecule has 4 aliphatic rings. The van der Waals surface area contributed by atoms with E-state index in [1.807, 2.05) is 0 Å². The first-order valence-corrected chi connectivity index (χ1v) is 29.1. The molecule has 0 atom stereocenters. The molecule has 0 saturated carbocycles. The Balaban J connectivity index is 1.08. The molecule has 16 bridgehead atoms. The summed E-state index contributed by atoms with van der Waals surface area (Å²) in [5.74, 6) is 0. The van der Waals surface area contributed by atoms with Gasteiger partial charge in [-0.25, -0.2) is 19.9 Å².